The molecule has 2 aromatic rings. The quantitative estimate of drug-likeness (QED) is 0.393. The van der Waals surface area contributed by atoms with Crippen LogP contribution in [0.3, 0.4) is 0 Å². The van der Waals surface area contributed by atoms with Crippen molar-refractivity contribution in [1.29, 1.82) is 0 Å². The summed E-state index contributed by atoms with van der Waals surface area (Å²) in [5.41, 5.74) is 3.35. The number of ether oxygens (including phenoxy) is 1. The normalized spacial score (nSPS) is 20.8. The van der Waals surface area contributed by atoms with Gasteiger partial charge in [-0.2, -0.15) is 0 Å². The number of phenols is 1. The number of carboxylic acids is 1. The molecule has 4 rings (SSSR count). The van der Waals surface area contributed by atoms with Gasteiger partial charge in [0.1, 0.15) is 17.1 Å². The fourth-order valence-corrected chi connectivity index (χ4v) is 5.08. The molecular weight excluding hydrogens is 470 g/mol. The van der Waals surface area contributed by atoms with Gasteiger partial charge in [-0.3, -0.25) is 4.79 Å². The number of carbonyl (C=O) groups excluding carboxylic acids is 1. The first-order valence-corrected chi connectivity index (χ1v) is 12.7. The van der Waals surface area contributed by atoms with Crippen molar-refractivity contribution in [2.75, 3.05) is 4.90 Å². The van der Waals surface area contributed by atoms with Crippen molar-refractivity contribution >= 4 is 17.6 Å². The SMILES string of the molecule is CC(C)=CCCC(C)=CCCC1(C)Oc2c(c(O)cc3c2CN(c2ccccc2C(=O)O)C3=O)CC1O. The van der Waals surface area contributed by atoms with Crippen LogP contribution in [0.2, 0.25) is 0 Å². The summed E-state index contributed by atoms with van der Waals surface area (Å²) >= 11 is 0. The maximum absolute atomic E-state index is 13.3. The Hall–Kier alpha value is -3.58. The van der Waals surface area contributed by atoms with Gasteiger partial charge in [0.05, 0.1) is 29.5 Å². The highest BCUT2D eigenvalue weighted by Crippen LogP contribution is 2.47. The molecule has 2 aliphatic heterocycles. The van der Waals surface area contributed by atoms with E-state index in [0.717, 1.165) is 19.3 Å². The van der Waals surface area contributed by atoms with Crippen LogP contribution in [0.1, 0.15) is 85.2 Å². The molecule has 0 saturated heterocycles. The van der Waals surface area contributed by atoms with Gasteiger partial charge in [-0.25, -0.2) is 4.79 Å². The zero-order valence-corrected chi connectivity index (χ0v) is 21.9. The van der Waals surface area contributed by atoms with Gasteiger partial charge in [-0.1, -0.05) is 35.4 Å². The number of aromatic hydroxyl groups is 1. The first-order chi connectivity index (χ1) is 17.5. The summed E-state index contributed by atoms with van der Waals surface area (Å²) in [4.78, 5) is 26.5. The molecule has 0 saturated carbocycles. The van der Waals surface area contributed by atoms with Crippen molar-refractivity contribution in [3.8, 4) is 11.5 Å². The minimum absolute atomic E-state index is 0.0228. The van der Waals surface area contributed by atoms with Crippen LogP contribution in [-0.2, 0) is 13.0 Å². The van der Waals surface area contributed by atoms with E-state index in [-0.39, 0.29) is 35.5 Å². The number of carbonyl (C=O) groups is 2. The number of carboxylic acid groups (broad SMARTS) is 1. The number of amides is 1. The zero-order valence-electron chi connectivity index (χ0n) is 21.9. The van der Waals surface area contributed by atoms with Crippen molar-refractivity contribution < 1.29 is 29.6 Å². The predicted molar refractivity (Wildman–Crippen MR) is 142 cm³/mol. The van der Waals surface area contributed by atoms with Gasteiger partial charge in [-0.15, -0.1) is 0 Å². The molecule has 196 valence electrons. The van der Waals surface area contributed by atoms with Crippen molar-refractivity contribution in [2.45, 2.75) is 78.0 Å². The van der Waals surface area contributed by atoms with Crippen molar-refractivity contribution in [3.05, 3.63) is 75.9 Å². The number of aliphatic hydroxyl groups excluding tert-OH is 1. The third kappa shape index (κ3) is 5.27. The highest BCUT2D eigenvalue weighted by Gasteiger charge is 2.44. The second-order valence-electron chi connectivity index (χ2n) is 10.5. The standard InChI is InChI=1S/C30H35NO6/c1-18(2)9-7-10-19(3)11-8-14-30(4)26(33)16-22-25(32)15-21-23(27(22)37-30)17-31(28(21)34)24-13-6-5-12-20(24)29(35)36/h5-6,9,11-13,15,26,32-33H,7-8,10,14,16-17H2,1-4H3,(H,35,36). The van der Waals surface area contributed by atoms with Crippen molar-refractivity contribution in [1.82, 2.24) is 0 Å². The average molecular weight is 506 g/mol. The first kappa shape index (κ1) is 26.5. The molecule has 0 radical (unpaired) electrons. The fourth-order valence-electron chi connectivity index (χ4n) is 5.08. The Labute approximate surface area is 217 Å². The summed E-state index contributed by atoms with van der Waals surface area (Å²) in [5, 5.41) is 31.3. The largest absolute Gasteiger partial charge is 0.508 e. The summed E-state index contributed by atoms with van der Waals surface area (Å²) in [6.45, 7) is 8.26. The summed E-state index contributed by atoms with van der Waals surface area (Å²) < 4.78 is 6.42. The van der Waals surface area contributed by atoms with Gasteiger partial charge in [0.2, 0.25) is 0 Å². The van der Waals surface area contributed by atoms with Crippen LogP contribution in [0.15, 0.2) is 53.6 Å². The van der Waals surface area contributed by atoms with Crippen molar-refractivity contribution in [3.63, 3.8) is 0 Å². The number of fused-ring (bicyclic) bond motifs is 3. The highest BCUT2D eigenvalue weighted by atomic mass is 16.5. The molecule has 7 nitrogen and oxygen atoms in total. The van der Waals surface area contributed by atoms with Gasteiger partial charge in [0.15, 0.2) is 0 Å². The van der Waals surface area contributed by atoms with Crippen LogP contribution in [0, 0.1) is 0 Å². The van der Waals surface area contributed by atoms with E-state index in [2.05, 4.69) is 32.9 Å². The van der Waals surface area contributed by atoms with E-state index in [9.17, 15) is 24.9 Å². The van der Waals surface area contributed by atoms with Gasteiger partial charge in [0, 0.05) is 17.5 Å². The number of allylic oxidation sites excluding steroid dienone is 4. The minimum atomic E-state index is -1.12. The number of rotatable bonds is 8. The lowest BCUT2D eigenvalue weighted by Gasteiger charge is -2.40. The van der Waals surface area contributed by atoms with E-state index in [1.54, 1.807) is 18.2 Å². The Kier molecular flexibility index (Phi) is 7.46. The van der Waals surface area contributed by atoms with E-state index in [1.807, 2.05) is 6.92 Å². The second-order valence-corrected chi connectivity index (χ2v) is 10.5. The van der Waals surface area contributed by atoms with Crippen molar-refractivity contribution in [2.24, 2.45) is 0 Å². The summed E-state index contributed by atoms with van der Waals surface area (Å²) in [5.74, 6) is -1.21. The molecule has 0 aliphatic carbocycles. The summed E-state index contributed by atoms with van der Waals surface area (Å²) in [6, 6.07) is 7.75. The Morgan fingerprint density at radius 1 is 1.16 bits per heavy atom. The number of hydrogen-bond donors (Lipinski definition) is 3. The molecule has 2 aliphatic rings. The third-order valence-electron chi connectivity index (χ3n) is 7.34. The lowest BCUT2D eigenvalue weighted by molar-refractivity contribution is -0.0597. The molecule has 0 fully saturated rings. The molecule has 1 amide bonds. The molecule has 37 heavy (non-hydrogen) atoms. The molecule has 3 N–H and O–H groups in total. The number of anilines is 1. The number of para-hydroxylation sites is 1. The van der Waals surface area contributed by atoms with E-state index < -0.39 is 23.6 Å². The Morgan fingerprint density at radius 2 is 1.89 bits per heavy atom. The molecule has 2 heterocycles. The molecule has 2 aromatic carbocycles. The minimum Gasteiger partial charge on any atom is -0.508 e. The van der Waals surface area contributed by atoms with Crippen LogP contribution < -0.4 is 9.64 Å². The molecule has 0 spiro atoms. The predicted octanol–water partition coefficient (Wildman–Crippen LogP) is 5.78. The van der Waals surface area contributed by atoms with E-state index >= 15 is 0 Å². The molecule has 0 bridgehead atoms. The molecular formula is C30H35NO6. The monoisotopic (exact) mass is 505 g/mol. The zero-order chi connectivity index (χ0) is 26.9. The maximum Gasteiger partial charge on any atom is 0.337 e. The fraction of sp³-hybridized carbons (Fsp3) is 0.400. The van der Waals surface area contributed by atoms with E-state index in [4.69, 9.17) is 4.74 Å². The maximum atomic E-state index is 13.3. The van der Waals surface area contributed by atoms with Crippen LogP contribution in [-0.4, -0.2) is 38.9 Å². The van der Waals surface area contributed by atoms with E-state index in [0.29, 0.717) is 23.3 Å². The second kappa shape index (κ2) is 10.4. The Balaban J connectivity index is 1.59. The van der Waals surface area contributed by atoms with Gasteiger partial charge in [-0.05, 0) is 71.6 Å². The third-order valence-corrected chi connectivity index (χ3v) is 7.34. The summed E-state index contributed by atoms with van der Waals surface area (Å²) in [6.07, 6.45) is 7.03. The average Bonchev–Trinajstić information content (AvgIpc) is 3.16. The Morgan fingerprint density at radius 3 is 2.59 bits per heavy atom. The summed E-state index contributed by atoms with van der Waals surface area (Å²) in [7, 11) is 0. The number of benzene rings is 2. The van der Waals surface area contributed by atoms with Crippen LogP contribution in [0.25, 0.3) is 0 Å². The topological polar surface area (TPSA) is 107 Å². The molecule has 0 aromatic heterocycles. The van der Waals surface area contributed by atoms with E-state index in [1.165, 1.54) is 28.2 Å². The number of aliphatic hydroxyl groups is 1. The number of phenolic OH excluding ortho intramolecular Hbond substituents is 1. The molecule has 2 unspecified atom stereocenters. The van der Waals surface area contributed by atoms with Crippen LogP contribution >= 0.6 is 0 Å². The number of nitrogens with zero attached hydrogens (tertiary/aromatic N) is 1. The first-order valence-electron chi connectivity index (χ1n) is 12.7. The lowest BCUT2D eigenvalue weighted by Crippen LogP contribution is -2.49. The highest BCUT2D eigenvalue weighted by molar-refractivity contribution is 6.13. The van der Waals surface area contributed by atoms with Gasteiger partial charge < -0.3 is 25.0 Å². The Bertz CT molecular complexity index is 1290. The van der Waals surface area contributed by atoms with Gasteiger partial charge in [0.25, 0.3) is 5.91 Å². The number of aromatic carboxylic acids is 1. The molecule has 7 heteroatoms. The number of hydrogen-bond acceptors (Lipinski definition) is 5. The van der Waals surface area contributed by atoms with Crippen LogP contribution in [0.4, 0.5) is 5.69 Å². The lowest BCUT2D eigenvalue weighted by atomic mass is 9.84. The van der Waals surface area contributed by atoms with Crippen LogP contribution in [0.5, 0.6) is 11.5 Å². The smallest absolute Gasteiger partial charge is 0.337 e. The molecule has 2 atom stereocenters. The van der Waals surface area contributed by atoms with Gasteiger partial charge >= 0.3 is 5.97 Å².